The Labute approximate surface area is 266 Å². The molecular formula is C35H33FN6O4. The van der Waals surface area contributed by atoms with Crippen LogP contribution in [0.4, 0.5) is 10.2 Å². The lowest BCUT2D eigenvalue weighted by atomic mass is 9.99. The van der Waals surface area contributed by atoms with Crippen LogP contribution in [0.3, 0.4) is 0 Å². The van der Waals surface area contributed by atoms with Gasteiger partial charge in [-0.15, -0.1) is 0 Å². The summed E-state index contributed by atoms with van der Waals surface area (Å²) in [6, 6.07) is 18.5. The van der Waals surface area contributed by atoms with Crippen molar-refractivity contribution < 1.29 is 23.5 Å². The molecule has 2 atom stereocenters. The number of piperidine rings is 1. The molecule has 11 heteroatoms. The molecule has 2 aliphatic heterocycles. The van der Waals surface area contributed by atoms with Gasteiger partial charge in [-0.3, -0.25) is 14.6 Å². The maximum Gasteiger partial charge on any atom is 0.258 e. The molecule has 2 aromatic carbocycles. The molecule has 1 saturated heterocycles. The van der Waals surface area contributed by atoms with E-state index in [0.717, 1.165) is 11.3 Å². The summed E-state index contributed by atoms with van der Waals surface area (Å²) in [5.74, 6) is 0.201. The standard InChI is InChI=1S/C35H33FN6O4/c1-21(2)30-7-6-24(15-37)34(40-30)42-9-8-32-31(19-42)41-35(44)26-12-25(17-38-18-26)23-4-3-5-28(13-23)45-20-33(43)39-16-22-10-27(36)14-29(11-22)46-32/h3-7,10-14,17-18,21,31-32H,8-9,16,19-20H2,1-2H3,(H,39,43)(H,41,44)/t31-,32+/m1/s1. The number of amides is 2. The van der Waals surface area contributed by atoms with Gasteiger partial charge in [0.15, 0.2) is 6.61 Å². The molecule has 2 aromatic heterocycles. The summed E-state index contributed by atoms with van der Waals surface area (Å²) >= 11 is 0. The number of aromatic nitrogens is 2. The minimum Gasteiger partial charge on any atom is -0.488 e. The molecule has 0 radical (unpaired) electrons. The largest absolute Gasteiger partial charge is 0.488 e. The second-order valence-corrected chi connectivity index (χ2v) is 11.7. The average Bonchev–Trinajstić information content (AvgIpc) is 3.06. The molecule has 234 valence electrons. The van der Waals surface area contributed by atoms with Crippen LogP contribution >= 0.6 is 0 Å². The summed E-state index contributed by atoms with van der Waals surface area (Å²) in [4.78, 5) is 37.4. The Morgan fingerprint density at radius 2 is 1.87 bits per heavy atom. The first kappa shape index (κ1) is 30.5. The number of pyridine rings is 2. The van der Waals surface area contributed by atoms with Gasteiger partial charge < -0.3 is 25.0 Å². The first-order valence-corrected chi connectivity index (χ1v) is 15.1. The molecule has 0 aliphatic carbocycles. The number of anilines is 1. The van der Waals surface area contributed by atoms with Gasteiger partial charge in [0.25, 0.3) is 11.8 Å². The molecule has 1 fully saturated rings. The molecule has 6 bridgehead atoms. The van der Waals surface area contributed by atoms with Crippen molar-refractivity contribution in [2.75, 3.05) is 24.6 Å². The molecule has 2 aliphatic rings. The summed E-state index contributed by atoms with van der Waals surface area (Å²) in [5, 5.41) is 15.8. The molecule has 0 spiro atoms. The van der Waals surface area contributed by atoms with E-state index in [1.807, 2.05) is 30.9 Å². The second kappa shape index (κ2) is 13.2. The Morgan fingerprint density at radius 3 is 2.70 bits per heavy atom. The lowest BCUT2D eigenvalue weighted by molar-refractivity contribution is -0.123. The Hall–Kier alpha value is -5.50. The highest BCUT2D eigenvalue weighted by Crippen LogP contribution is 2.29. The third-order valence-electron chi connectivity index (χ3n) is 8.02. The Morgan fingerprint density at radius 1 is 1.02 bits per heavy atom. The van der Waals surface area contributed by atoms with Crippen LogP contribution in [0, 0.1) is 17.1 Å². The van der Waals surface area contributed by atoms with Gasteiger partial charge in [-0.2, -0.15) is 5.26 Å². The second-order valence-electron chi connectivity index (χ2n) is 11.7. The van der Waals surface area contributed by atoms with E-state index >= 15 is 0 Å². The molecule has 10 nitrogen and oxygen atoms in total. The van der Waals surface area contributed by atoms with Gasteiger partial charge in [-0.05, 0) is 59.5 Å². The number of hydrogen-bond donors (Lipinski definition) is 2. The number of carbonyl (C=O) groups is 2. The van der Waals surface area contributed by atoms with E-state index in [2.05, 4.69) is 21.7 Å². The van der Waals surface area contributed by atoms with Crippen LogP contribution in [0.1, 0.15) is 53.4 Å². The molecule has 0 saturated carbocycles. The zero-order chi connectivity index (χ0) is 32.2. The van der Waals surface area contributed by atoms with Crippen molar-refractivity contribution in [3.8, 4) is 28.7 Å². The van der Waals surface area contributed by atoms with Crippen LogP contribution in [0.5, 0.6) is 11.5 Å². The summed E-state index contributed by atoms with van der Waals surface area (Å²) in [6.07, 6.45) is 3.06. The smallest absolute Gasteiger partial charge is 0.258 e. The molecule has 4 aromatic rings. The van der Waals surface area contributed by atoms with Gasteiger partial charge in [0, 0.05) is 55.8 Å². The lowest BCUT2D eigenvalue weighted by Gasteiger charge is -2.39. The fourth-order valence-electron chi connectivity index (χ4n) is 5.62. The number of nitriles is 1. The summed E-state index contributed by atoms with van der Waals surface area (Å²) < 4.78 is 26.8. The molecule has 46 heavy (non-hydrogen) atoms. The topological polar surface area (TPSA) is 129 Å². The highest BCUT2D eigenvalue weighted by atomic mass is 19.1. The number of halogens is 1. The fraction of sp³-hybridized carbons (Fsp3) is 0.286. The van der Waals surface area contributed by atoms with Crippen LogP contribution in [0.15, 0.2) is 73.1 Å². The number of carbonyl (C=O) groups excluding carboxylic acids is 2. The number of benzene rings is 2. The molecular weight excluding hydrogens is 587 g/mol. The van der Waals surface area contributed by atoms with Crippen LogP contribution in [0.25, 0.3) is 11.1 Å². The van der Waals surface area contributed by atoms with Crippen molar-refractivity contribution in [3.05, 3.63) is 101 Å². The molecule has 2 N–H and O–H groups in total. The zero-order valence-electron chi connectivity index (χ0n) is 25.5. The van der Waals surface area contributed by atoms with Crippen molar-refractivity contribution in [3.63, 3.8) is 0 Å². The van der Waals surface area contributed by atoms with Gasteiger partial charge >= 0.3 is 0 Å². The maximum atomic E-state index is 14.7. The van der Waals surface area contributed by atoms with Crippen molar-refractivity contribution in [2.45, 2.75) is 44.9 Å². The predicted octanol–water partition coefficient (Wildman–Crippen LogP) is 4.74. The van der Waals surface area contributed by atoms with Crippen molar-refractivity contribution >= 4 is 17.6 Å². The third-order valence-corrected chi connectivity index (χ3v) is 8.02. The van der Waals surface area contributed by atoms with Crippen molar-refractivity contribution in [1.29, 1.82) is 5.26 Å². The number of hydrogen-bond acceptors (Lipinski definition) is 8. The van der Waals surface area contributed by atoms with Crippen molar-refractivity contribution in [1.82, 2.24) is 20.6 Å². The van der Waals surface area contributed by atoms with E-state index in [0.29, 0.717) is 53.3 Å². The molecule has 0 unspecified atom stereocenters. The number of ether oxygens (including phenoxy) is 2. The quantitative estimate of drug-likeness (QED) is 0.329. The van der Waals surface area contributed by atoms with Crippen LogP contribution in [0.2, 0.25) is 0 Å². The minimum absolute atomic E-state index is 0.0707. The molecule has 6 rings (SSSR count). The van der Waals surface area contributed by atoms with Gasteiger partial charge in [-0.25, -0.2) is 9.37 Å². The highest BCUT2D eigenvalue weighted by molar-refractivity contribution is 5.95. The van der Waals surface area contributed by atoms with E-state index < -0.39 is 18.0 Å². The SMILES string of the molecule is CC(C)c1ccc(C#N)c(N2CC[C@@H]3Oc4cc(F)cc(c4)CNC(=O)COc4cccc(c4)-c4cncc(c4)C(=O)N[C@@H]3C2)n1. The summed E-state index contributed by atoms with van der Waals surface area (Å²) in [7, 11) is 0. The van der Waals surface area contributed by atoms with E-state index in [-0.39, 0.29) is 36.6 Å². The summed E-state index contributed by atoms with van der Waals surface area (Å²) in [6.45, 7) is 4.70. The van der Waals surface area contributed by atoms with Crippen LogP contribution in [-0.4, -0.2) is 53.6 Å². The third kappa shape index (κ3) is 6.91. The Kier molecular flexibility index (Phi) is 8.79. The van der Waals surface area contributed by atoms with Crippen molar-refractivity contribution in [2.24, 2.45) is 0 Å². The van der Waals surface area contributed by atoms with Crippen LogP contribution in [-0.2, 0) is 11.3 Å². The maximum absolute atomic E-state index is 14.7. The van der Waals surface area contributed by atoms with E-state index in [1.54, 1.807) is 42.6 Å². The number of fused-ring (bicyclic) bond motifs is 8. The van der Waals surface area contributed by atoms with Gasteiger partial charge in [0.1, 0.15) is 35.3 Å². The molecule has 2 amide bonds. The number of rotatable bonds is 2. The van der Waals surface area contributed by atoms with E-state index in [4.69, 9.17) is 14.5 Å². The normalized spacial score (nSPS) is 18.4. The van der Waals surface area contributed by atoms with Gasteiger partial charge in [-0.1, -0.05) is 26.0 Å². The first-order chi connectivity index (χ1) is 22.2. The van der Waals surface area contributed by atoms with E-state index in [1.165, 1.54) is 18.3 Å². The zero-order valence-corrected chi connectivity index (χ0v) is 25.5. The highest BCUT2D eigenvalue weighted by Gasteiger charge is 2.34. The van der Waals surface area contributed by atoms with E-state index in [9.17, 15) is 19.2 Å². The minimum atomic E-state index is -0.564. The summed E-state index contributed by atoms with van der Waals surface area (Å²) in [5.41, 5.74) is 3.59. The first-order valence-electron chi connectivity index (χ1n) is 15.1. The van der Waals surface area contributed by atoms with Gasteiger partial charge in [0.05, 0.1) is 17.2 Å². The Balaban J connectivity index is 1.37. The predicted molar refractivity (Wildman–Crippen MR) is 169 cm³/mol. The number of nitrogens with zero attached hydrogens (tertiary/aromatic N) is 4. The lowest BCUT2D eigenvalue weighted by Crippen LogP contribution is -2.57. The monoisotopic (exact) mass is 620 g/mol. The average molecular weight is 621 g/mol. The number of nitrogens with one attached hydrogen (secondary N) is 2. The van der Waals surface area contributed by atoms with Gasteiger partial charge in [0.2, 0.25) is 0 Å². The van der Waals surface area contributed by atoms with Crippen LogP contribution < -0.4 is 25.0 Å². The molecule has 4 heterocycles. The Bertz CT molecular complexity index is 1820. The fourth-order valence-corrected chi connectivity index (χ4v) is 5.62.